The second-order valence-corrected chi connectivity index (χ2v) is 34.3. The molecule has 0 aliphatic rings. The molecule has 0 aromatic heterocycles. The van der Waals surface area contributed by atoms with Crippen molar-refractivity contribution in [2.45, 2.75) is 483 Å². The molecule has 0 spiro atoms. The van der Waals surface area contributed by atoms with Crippen LogP contribution >= 0.6 is 15.6 Å². The highest BCUT2D eigenvalue weighted by Gasteiger charge is 2.30. The van der Waals surface area contributed by atoms with Gasteiger partial charge < -0.3 is 33.8 Å². The number of hydrogen-bond donors (Lipinski definition) is 3. The smallest absolute Gasteiger partial charge is 0.462 e. The number of phosphoric ester groups is 2. The van der Waals surface area contributed by atoms with Crippen LogP contribution in [-0.4, -0.2) is 96.7 Å². The van der Waals surface area contributed by atoms with Gasteiger partial charge >= 0.3 is 39.5 Å². The van der Waals surface area contributed by atoms with Crippen LogP contribution in [0.1, 0.15) is 465 Å². The summed E-state index contributed by atoms with van der Waals surface area (Å²) in [5.74, 6) is -1.32. The third-order valence-electron chi connectivity index (χ3n) is 20.3. The number of carbonyl (C=O) groups is 4. The Balaban J connectivity index is 5.18. The van der Waals surface area contributed by atoms with Gasteiger partial charge in [0, 0.05) is 25.7 Å². The van der Waals surface area contributed by atoms with Gasteiger partial charge in [-0.15, -0.1) is 0 Å². The summed E-state index contributed by atoms with van der Waals surface area (Å²) in [6.45, 7) is 7.35. The number of aliphatic hydroxyl groups excluding tert-OH is 1. The summed E-state index contributed by atoms with van der Waals surface area (Å²) < 4.78 is 68.8. The summed E-state index contributed by atoms with van der Waals surface area (Å²) in [5.41, 5.74) is 0. The Hall–Kier alpha value is -1.94. The number of unbranched alkanes of at least 4 members (excludes halogenated alkanes) is 58. The highest BCUT2D eigenvalue weighted by molar-refractivity contribution is 7.47. The molecule has 5 atom stereocenters. The molecule has 0 saturated heterocycles. The minimum Gasteiger partial charge on any atom is -0.462 e. The summed E-state index contributed by atoms with van der Waals surface area (Å²) in [7, 11) is -9.92. The minimum atomic E-state index is -4.96. The van der Waals surface area contributed by atoms with Gasteiger partial charge in [0.2, 0.25) is 0 Å². The third-order valence-corrected chi connectivity index (χ3v) is 22.2. The molecule has 0 aliphatic carbocycles. The number of ether oxygens (including phenoxy) is 4. The predicted octanol–water partition coefficient (Wildman–Crippen LogP) is 26.4. The molecule has 2 unspecified atom stereocenters. The van der Waals surface area contributed by atoms with Crippen molar-refractivity contribution in [1.82, 2.24) is 0 Å². The molecule has 3 N–H and O–H groups in total. The van der Waals surface area contributed by atoms with Gasteiger partial charge in [0.15, 0.2) is 12.2 Å². The van der Waals surface area contributed by atoms with Gasteiger partial charge in [-0.25, -0.2) is 9.13 Å². The molecular formula is C86H168O17P2. The van der Waals surface area contributed by atoms with E-state index in [0.29, 0.717) is 25.7 Å². The van der Waals surface area contributed by atoms with E-state index >= 15 is 0 Å². The van der Waals surface area contributed by atoms with Gasteiger partial charge in [-0.1, -0.05) is 413 Å². The SMILES string of the molecule is CCCCCCCCCCCCCCCCCCCCCCCC(=O)O[C@H](COC(=O)CCCCCCCCCCCCCCCCCCCCCC)COP(=O)(O)OC[C@@H](O)COP(=O)(O)OC[C@@H](COC(=O)CCCCCCCCCC)OC(=O)CCCCCCCCCCCCCCCC(C)C. The van der Waals surface area contributed by atoms with E-state index in [2.05, 4.69) is 34.6 Å². The van der Waals surface area contributed by atoms with Crippen molar-refractivity contribution in [1.29, 1.82) is 0 Å². The van der Waals surface area contributed by atoms with Crippen LogP contribution in [0.3, 0.4) is 0 Å². The Morgan fingerprint density at radius 2 is 0.438 bits per heavy atom. The van der Waals surface area contributed by atoms with E-state index in [1.807, 2.05) is 0 Å². The molecular weight excluding hydrogens is 1370 g/mol. The molecule has 0 amide bonds. The Bertz CT molecular complexity index is 2000. The van der Waals surface area contributed by atoms with Crippen LogP contribution in [0.2, 0.25) is 0 Å². The molecule has 0 fully saturated rings. The second kappa shape index (κ2) is 78.7. The standard InChI is InChI=1S/C86H168O17P2/c1-6-9-12-15-18-21-23-25-27-29-31-33-35-37-39-43-47-51-56-61-66-71-86(91)103-82(76-97-84(89)70-65-60-55-50-46-42-38-36-34-32-30-28-26-24-22-19-16-13-10-7-2)78-101-105(94,95)99-74-80(87)73-98-104(92,93)100-77-81(75-96-83(88)69-64-59-54-20-17-14-11-8-3)102-85(90)72-67-62-57-52-48-44-40-41-45-49-53-58-63-68-79(4)5/h79-82,87H,6-78H2,1-5H3,(H,92,93)(H,94,95)/t80-,81+,82+/m0/s1. The number of phosphoric acid groups is 2. The van der Waals surface area contributed by atoms with E-state index in [1.165, 1.54) is 283 Å². The zero-order valence-corrected chi connectivity index (χ0v) is 70.7. The molecule has 0 bridgehead atoms. The first-order valence-electron chi connectivity index (χ1n) is 44.6. The Morgan fingerprint density at radius 3 is 0.648 bits per heavy atom. The van der Waals surface area contributed by atoms with Crippen LogP contribution in [0, 0.1) is 5.92 Å². The molecule has 0 rings (SSSR count). The molecule has 0 radical (unpaired) electrons. The predicted molar refractivity (Wildman–Crippen MR) is 432 cm³/mol. The van der Waals surface area contributed by atoms with E-state index in [9.17, 15) is 43.2 Å². The number of esters is 4. The fourth-order valence-electron chi connectivity index (χ4n) is 13.5. The first-order chi connectivity index (χ1) is 51.0. The number of rotatable bonds is 86. The summed E-state index contributed by atoms with van der Waals surface area (Å²) in [4.78, 5) is 73.1. The lowest BCUT2D eigenvalue weighted by Crippen LogP contribution is -2.30. The van der Waals surface area contributed by atoms with E-state index in [-0.39, 0.29) is 25.7 Å². The lowest BCUT2D eigenvalue weighted by Gasteiger charge is -2.21. The van der Waals surface area contributed by atoms with E-state index < -0.39 is 97.5 Å². The quantitative estimate of drug-likeness (QED) is 0.0222. The second-order valence-electron chi connectivity index (χ2n) is 31.4. The highest BCUT2D eigenvalue weighted by Crippen LogP contribution is 2.45. The Kier molecular flexibility index (Phi) is 77.3. The summed E-state index contributed by atoms with van der Waals surface area (Å²) in [6.07, 6.45) is 72.4. The molecule has 0 aromatic carbocycles. The number of aliphatic hydroxyl groups is 1. The molecule has 0 aliphatic heterocycles. The lowest BCUT2D eigenvalue weighted by molar-refractivity contribution is -0.161. The Morgan fingerprint density at radius 1 is 0.257 bits per heavy atom. The molecule has 0 heterocycles. The Labute approximate surface area is 645 Å². The fraction of sp³-hybridized carbons (Fsp3) is 0.953. The van der Waals surface area contributed by atoms with Crippen LogP contribution < -0.4 is 0 Å². The first kappa shape index (κ1) is 103. The maximum atomic E-state index is 13.1. The minimum absolute atomic E-state index is 0.108. The van der Waals surface area contributed by atoms with Gasteiger partial charge in [-0.05, 0) is 31.6 Å². The average molecular weight is 1540 g/mol. The largest absolute Gasteiger partial charge is 0.472 e. The lowest BCUT2D eigenvalue weighted by atomic mass is 10.0. The van der Waals surface area contributed by atoms with Gasteiger partial charge in [-0.2, -0.15) is 0 Å². The summed E-state index contributed by atoms with van der Waals surface area (Å²) in [6, 6.07) is 0. The third kappa shape index (κ3) is 79.9. The molecule has 17 nitrogen and oxygen atoms in total. The summed E-state index contributed by atoms with van der Waals surface area (Å²) >= 11 is 0. The molecule has 105 heavy (non-hydrogen) atoms. The maximum Gasteiger partial charge on any atom is 0.472 e. The van der Waals surface area contributed by atoms with Crippen LogP contribution in [0.25, 0.3) is 0 Å². The topological polar surface area (TPSA) is 237 Å². The van der Waals surface area contributed by atoms with Crippen molar-refractivity contribution in [3.63, 3.8) is 0 Å². The van der Waals surface area contributed by atoms with E-state index in [0.717, 1.165) is 102 Å². The molecule has 0 saturated carbocycles. The van der Waals surface area contributed by atoms with Gasteiger partial charge in [0.05, 0.1) is 26.4 Å². The molecule has 624 valence electrons. The first-order valence-corrected chi connectivity index (χ1v) is 47.6. The van der Waals surface area contributed by atoms with Crippen molar-refractivity contribution < 1.29 is 80.2 Å². The van der Waals surface area contributed by atoms with Crippen molar-refractivity contribution in [2.75, 3.05) is 39.6 Å². The normalized spacial score (nSPS) is 13.8. The van der Waals surface area contributed by atoms with Crippen LogP contribution in [0.4, 0.5) is 0 Å². The maximum absolute atomic E-state index is 13.1. The van der Waals surface area contributed by atoms with E-state index in [4.69, 9.17) is 37.0 Å². The monoisotopic (exact) mass is 1540 g/mol. The number of carbonyl (C=O) groups excluding carboxylic acids is 4. The van der Waals surface area contributed by atoms with Gasteiger partial charge in [-0.3, -0.25) is 37.3 Å². The van der Waals surface area contributed by atoms with Crippen LogP contribution in [0.15, 0.2) is 0 Å². The average Bonchev–Trinajstić information content (AvgIpc) is 0.921. The molecule has 0 aromatic rings. The van der Waals surface area contributed by atoms with Crippen molar-refractivity contribution in [3.05, 3.63) is 0 Å². The zero-order valence-electron chi connectivity index (χ0n) is 68.9. The fourth-order valence-corrected chi connectivity index (χ4v) is 15.1. The van der Waals surface area contributed by atoms with Crippen molar-refractivity contribution in [2.24, 2.45) is 5.92 Å². The van der Waals surface area contributed by atoms with Crippen LogP contribution in [0.5, 0.6) is 0 Å². The zero-order chi connectivity index (χ0) is 76.9. The highest BCUT2D eigenvalue weighted by atomic mass is 31.2. The number of hydrogen-bond acceptors (Lipinski definition) is 15. The van der Waals surface area contributed by atoms with Crippen LogP contribution in [-0.2, 0) is 65.4 Å². The van der Waals surface area contributed by atoms with Gasteiger partial charge in [0.1, 0.15) is 19.3 Å². The van der Waals surface area contributed by atoms with Crippen molar-refractivity contribution >= 4 is 39.5 Å². The van der Waals surface area contributed by atoms with Gasteiger partial charge in [0.25, 0.3) is 0 Å². The van der Waals surface area contributed by atoms with E-state index in [1.54, 1.807) is 0 Å². The summed E-state index contributed by atoms with van der Waals surface area (Å²) in [5, 5.41) is 10.7. The van der Waals surface area contributed by atoms with Crippen molar-refractivity contribution in [3.8, 4) is 0 Å². The molecule has 19 heteroatoms.